The monoisotopic (exact) mass is 173 g/mol. The van der Waals surface area contributed by atoms with Gasteiger partial charge in [-0.1, -0.05) is 0 Å². The molecule has 0 spiro atoms. The summed E-state index contributed by atoms with van der Waals surface area (Å²) >= 11 is 0. The number of carbonyl (C=O) groups excluding carboxylic acids is 1. The maximum Gasteiger partial charge on any atom is 0.148 e. The second-order valence-electron chi connectivity index (χ2n) is 3.78. The molecule has 68 valence electrons. The highest BCUT2D eigenvalue weighted by atomic mass is 19.1. The minimum Gasteiger partial charge on any atom is -0.394 e. The van der Waals surface area contributed by atoms with Gasteiger partial charge in [-0.15, -0.1) is 0 Å². The maximum absolute atomic E-state index is 12.9. The first kappa shape index (κ1) is 8.13. The first-order valence-corrected chi connectivity index (χ1v) is 4.18. The first-order valence-electron chi connectivity index (χ1n) is 4.18. The molecule has 0 bridgehead atoms. The highest BCUT2D eigenvalue weighted by molar-refractivity contribution is 5.84. The van der Waals surface area contributed by atoms with Gasteiger partial charge < -0.3 is 5.11 Å². The van der Waals surface area contributed by atoms with Gasteiger partial charge in [-0.25, -0.2) is 4.39 Å². The molecule has 2 aliphatic heterocycles. The number of Topliss-reactive ketones (excluding diaryl/α,β-unsaturated/α-hetero) is 1. The third-order valence-corrected chi connectivity index (χ3v) is 2.88. The van der Waals surface area contributed by atoms with Crippen molar-refractivity contribution >= 4 is 5.78 Å². The van der Waals surface area contributed by atoms with Crippen LogP contribution >= 0.6 is 0 Å². The second-order valence-corrected chi connectivity index (χ2v) is 3.78. The van der Waals surface area contributed by atoms with E-state index in [1.165, 1.54) is 0 Å². The average molecular weight is 173 g/mol. The Morgan fingerprint density at radius 1 is 1.75 bits per heavy atom. The molecular weight excluding hydrogens is 161 g/mol. The Balaban J connectivity index is 2.21. The normalized spacial score (nSPS) is 42.2. The third-order valence-electron chi connectivity index (χ3n) is 2.88. The number of carbonyl (C=O) groups is 1. The molecule has 0 aromatic rings. The molecule has 2 heterocycles. The van der Waals surface area contributed by atoms with Gasteiger partial charge >= 0.3 is 0 Å². The Hall–Kier alpha value is -0.480. The zero-order valence-electron chi connectivity index (χ0n) is 6.79. The van der Waals surface area contributed by atoms with Crippen molar-refractivity contribution in [2.24, 2.45) is 0 Å². The number of hydrogen-bond donors (Lipinski definition) is 1. The van der Waals surface area contributed by atoms with E-state index in [0.717, 1.165) is 0 Å². The van der Waals surface area contributed by atoms with Crippen molar-refractivity contribution < 1.29 is 14.3 Å². The molecule has 0 radical (unpaired) electrons. The predicted molar refractivity (Wildman–Crippen MR) is 40.5 cm³/mol. The number of ketones is 1. The fourth-order valence-corrected chi connectivity index (χ4v) is 2.31. The molecule has 3 nitrogen and oxygen atoms in total. The maximum atomic E-state index is 12.9. The van der Waals surface area contributed by atoms with Crippen molar-refractivity contribution in [1.29, 1.82) is 0 Å². The van der Waals surface area contributed by atoms with E-state index in [-0.39, 0.29) is 12.4 Å². The Labute approximate surface area is 70.2 Å². The summed E-state index contributed by atoms with van der Waals surface area (Å²) in [6.07, 6.45) is -0.232. The summed E-state index contributed by atoms with van der Waals surface area (Å²) < 4.78 is 12.9. The number of alkyl halides is 1. The number of hydrogen-bond acceptors (Lipinski definition) is 3. The summed E-state index contributed by atoms with van der Waals surface area (Å²) in [6, 6.07) is 0. The lowest BCUT2D eigenvalue weighted by Crippen LogP contribution is -2.41. The Morgan fingerprint density at radius 2 is 2.50 bits per heavy atom. The van der Waals surface area contributed by atoms with Crippen molar-refractivity contribution in [3.63, 3.8) is 0 Å². The van der Waals surface area contributed by atoms with E-state index < -0.39 is 11.7 Å². The van der Waals surface area contributed by atoms with Gasteiger partial charge in [0.2, 0.25) is 0 Å². The fraction of sp³-hybridized carbons (Fsp3) is 0.875. The highest BCUT2D eigenvalue weighted by Crippen LogP contribution is 2.37. The molecule has 2 rings (SSSR count). The smallest absolute Gasteiger partial charge is 0.148 e. The van der Waals surface area contributed by atoms with Crippen molar-refractivity contribution in [1.82, 2.24) is 4.90 Å². The molecule has 0 aromatic carbocycles. The van der Waals surface area contributed by atoms with Crippen LogP contribution in [-0.4, -0.2) is 47.2 Å². The van der Waals surface area contributed by atoms with Crippen molar-refractivity contribution in [2.75, 3.05) is 19.7 Å². The van der Waals surface area contributed by atoms with Gasteiger partial charge in [-0.3, -0.25) is 9.69 Å². The SMILES string of the molecule is O=C1CN2C[C@H](F)C[C@]2(CO)C1. The lowest BCUT2D eigenvalue weighted by atomic mass is 9.94. The van der Waals surface area contributed by atoms with Crippen LogP contribution in [0.3, 0.4) is 0 Å². The molecule has 1 N–H and O–H groups in total. The van der Waals surface area contributed by atoms with Crippen LogP contribution in [0.2, 0.25) is 0 Å². The summed E-state index contributed by atoms with van der Waals surface area (Å²) in [5.74, 6) is 0.121. The standard InChI is InChI=1S/C8H12FNO2/c9-6-1-8(5-11)2-7(12)4-10(8)3-6/h6,11H,1-5H2/t6-,8-/m1/s1. The van der Waals surface area contributed by atoms with Gasteiger partial charge in [0.1, 0.15) is 12.0 Å². The fourth-order valence-electron chi connectivity index (χ4n) is 2.31. The Kier molecular flexibility index (Phi) is 1.70. The van der Waals surface area contributed by atoms with Crippen molar-refractivity contribution in [3.8, 4) is 0 Å². The summed E-state index contributed by atoms with van der Waals surface area (Å²) in [6.45, 7) is 0.534. The van der Waals surface area contributed by atoms with Crippen molar-refractivity contribution in [3.05, 3.63) is 0 Å². The van der Waals surface area contributed by atoms with E-state index in [1.54, 1.807) is 4.90 Å². The van der Waals surface area contributed by atoms with Crippen LogP contribution in [-0.2, 0) is 4.79 Å². The van der Waals surface area contributed by atoms with E-state index in [2.05, 4.69) is 0 Å². The largest absolute Gasteiger partial charge is 0.394 e. The summed E-state index contributed by atoms with van der Waals surface area (Å²) in [5, 5.41) is 9.10. The quantitative estimate of drug-likeness (QED) is 0.593. The highest BCUT2D eigenvalue weighted by Gasteiger charge is 2.51. The van der Waals surface area contributed by atoms with Crippen LogP contribution in [0.1, 0.15) is 12.8 Å². The summed E-state index contributed by atoms with van der Waals surface area (Å²) in [4.78, 5) is 12.8. The molecule has 2 fully saturated rings. The van der Waals surface area contributed by atoms with Gasteiger partial charge in [0.05, 0.1) is 18.7 Å². The van der Waals surface area contributed by atoms with Crippen LogP contribution in [0, 0.1) is 0 Å². The number of fused-ring (bicyclic) bond motifs is 1. The van der Waals surface area contributed by atoms with Crippen molar-refractivity contribution in [2.45, 2.75) is 24.6 Å². The zero-order valence-corrected chi connectivity index (χ0v) is 6.79. The topological polar surface area (TPSA) is 40.5 Å². The lowest BCUT2D eigenvalue weighted by Gasteiger charge is -2.27. The van der Waals surface area contributed by atoms with Gasteiger partial charge in [-0.05, 0) is 0 Å². The molecule has 0 aliphatic carbocycles. The molecule has 0 saturated carbocycles. The predicted octanol–water partition coefficient (Wildman–Crippen LogP) is -0.266. The van der Waals surface area contributed by atoms with E-state index in [4.69, 9.17) is 5.11 Å². The Bertz CT molecular complexity index is 221. The van der Waals surface area contributed by atoms with Crippen LogP contribution in [0.5, 0.6) is 0 Å². The molecule has 0 amide bonds. The molecule has 2 aliphatic rings. The van der Waals surface area contributed by atoms with Crippen LogP contribution in [0.4, 0.5) is 4.39 Å². The Morgan fingerprint density at radius 3 is 3.08 bits per heavy atom. The molecule has 4 heteroatoms. The molecule has 2 saturated heterocycles. The van der Waals surface area contributed by atoms with E-state index in [1.807, 2.05) is 0 Å². The first-order chi connectivity index (χ1) is 5.66. The van der Waals surface area contributed by atoms with E-state index in [9.17, 15) is 9.18 Å². The minimum atomic E-state index is -0.870. The molecule has 12 heavy (non-hydrogen) atoms. The summed E-state index contributed by atoms with van der Waals surface area (Å²) in [5.41, 5.74) is -0.545. The van der Waals surface area contributed by atoms with Gasteiger partial charge in [0.15, 0.2) is 0 Å². The van der Waals surface area contributed by atoms with Gasteiger partial charge in [0, 0.05) is 19.4 Å². The van der Waals surface area contributed by atoms with Crippen LogP contribution < -0.4 is 0 Å². The lowest BCUT2D eigenvalue weighted by molar-refractivity contribution is -0.117. The summed E-state index contributed by atoms with van der Waals surface area (Å²) in [7, 11) is 0. The number of aliphatic hydroxyl groups is 1. The van der Waals surface area contributed by atoms with E-state index in [0.29, 0.717) is 25.9 Å². The molecule has 0 unspecified atom stereocenters. The minimum absolute atomic E-state index is 0.0981. The van der Waals surface area contributed by atoms with Crippen LogP contribution in [0.15, 0.2) is 0 Å². The number of halogens is 1. The third kappa shape index (κ3) is 0.983. The van der Waals surface area contributed by atoms with Gasteiger partial charge in [0.25, 0.3) is 0 Å². The molecule has 2 atom stereocenters. The van der Waals surface area contributed by atoms with Gasteiger partial charge in [-0.2, -0.15) is 0 Å². The number of aliphatic hydroxyl groups excluding tert-OH is 1. The zero-order chi connectivity index (χ0) is 8.77. The number of nitrogens with zero attached hydrogens (tertiary/aromatic N) is 1. The second kappa shape index (κ2) is 2.50. The molecular formula is C8H12FNO2. The molecule has 0 aromatic heterocycles. The van der Waals surface area contributed by atoms with Crippen LogP contribution in [0.25, 0.3) is 0 Å². The number of rotatable bonds is 1. The van der Waals surface area contributed by atoms with E-state index >= 15 is 0 Å². The average Bonchev–Trinajstić information content (AvgIpc) is 2.40.